The molecule has 0 aromatic carbocycles. The molecule has 0 N–H and O–H groups in total. The Morgan fingerprint density at radius 1 is 0.788 bits per heavy atom. The Balaban J connectivity index is 2.28. The summed E-state index contributed by atoms with van der Waals surface area (Å²) in [5, 5.41) is 0. The second kappa shape index (κ2) is 32.3. The molecule has 7 heteroatoms. The standard InChI is InChI=1S/C45H79NO6/c1-7-11-22-29-40(5)36-43(47)49-34-27-20-16-14-18-25-32-45(51-39-42(52-45)38-46(6)10-4)33-26-19-15-17-21-28-35-50-44(48)37-41(30-23-12-8-2)31-24-13-9-3/h30,40-42H,2,7,9-11,13-22,24-29,31-39H2,1,3-6H3. The molecule has 1 fully saturated rings. The van der Waals surface area contributed by atoms with Crippen molar-refractivity contribution in [3.05, 3.63) is 29.8 Å². The van der Waals surface area contributed by atoms with Gasteiger partial charge >= 0.3 is 11.9 Å². The lowest BCUT2D eigenvalue weighted by atomic mass is 9.98. The molecule has 0 bridgehead atoms. The van der Waals surface area contributed by atoms with E-state index in [4.69, 9.17) is 18.9 Å². The number of allylic oxidation sites excluding steroid dienone is 1. The molecule has 1 aliphatic heterocycles. The van der Waals surface area contributed by atoms with E-state index in [9.17, 15) is 9.59 Å². The van der Waals surface area contributed by atoms with Crippen LogP contribution in [0.15, 0.2) is 29.8 Å². The third-order valence-corrected chi connectivity index (χ3v) is 10.3. The molecular weight excluding hydrogens is 650 g/mol. The van der Waals surface area contributed by atoms with Crippen LogP contribution in [0.5, 0.6) is 0 Å². The van der Waals surface area contributed by atoms with Crippen molar-refractivity contribution in [2.75, 3.05) is 40.0 Å². The highest BCUT2D eigenvalue weighted by Gasteiger charge is 2.40. The number of rotatable bonds is 34. The molecular formula is C45H79NO6. The molecule has 1 rings (SSSR count). The van der Waals surface area contributed by atoms with Crippen LogP contribution in [0, 0.1) is 11.8 Å². The first-order chi connectivity index (χ1) is 25.3. The van der Waals surface area contributed by atoms with Crippen LogP contribution in [0.3, 0.4) is 0 Å². The zero-order chi connectivity index (χ0) is 38.1. The van der Waals surface area contributed by atoms with E-state index in [1.165, 1.54) is 51.4 Å². The van der Waals surface area contributed by atoms with Gasteiger partial charge in [0.15, 0.2) is 5.79 Å². The predicted molar refractivity (Wildman–Crippen MR) is 214 cm³/mol. The molecule has 1 heterocycles. The molecule has 0 radical (unpaired) electrons. The summed E-state index contributed by atoms with van der Waals surface area (Å²) in [7, 11) is 2.14. The fourth-order valence-electron chi connectivity index (χ4n) is 6.92. The van der Waals surface area contributed by atoms with Gasteiger partial charge in [0.25, 0.3) is 0 Å². The minimum atomic E-state index is -0.448. The largest absolute Gasteiger partial charge is 0.466 e. The van der Waals surface area contributed by atoms with Crippen LogP contribution in [0.4, 0.5) is 0 Å². The smallest absolute Gasteiger partial charge is 0.306 e. The van der Waals surface area contributed by atoms with Gasteiger partial charge in [-0.1, -0.05) is 135 Å². The van der Waals surface area contributed by atoms with Crippen LogP contribution in [-0.4, -0.2) is 68.7 Å². The van der Waals surface area contributed by atoms with Crippen LogP contribution in [0.25, 0.3) is 0 Å². The molecule has 0 amide bonds. The number of ether oxygens (including phenoxy) is 4. The van der Waals surface area contributed by atoms with Gasteiger partial charge < -0.3 is 23.8 Å². The van der Waals surface area contributed by atoms with Crippen molar-refractivity contribution in [2.45, 2.75) is 194 Å². The van der Waals surface area contributed by atoms with Crippen molar-refractivity contribution in [1.29, 1.82) is 0 Å². The summed E-state index contributed by atoms with van der Waals surface area (Å²) in [4.78, 5) is 26.8. The fourth-order valence-corrected chi connectivity index (χ4v) is 6.92. The van der Waals surface area contributed by atoms with Crippen LogP contribution < -0.4 is 0 Å². The van der Waals surface area contributed by atoms with Gasteiger partial charge in [-0.25, -0.2) is 0 Å². The molecule has 4 unspecified atom stereocenters. The Hall–Kier alpha value is -2.10. The molecule has 7 nitrogen and oxygen atoms in total. The summed E-state index contributed by atoms with van der Waals surface area (Å²) in [5.41, 5.74) is 8.27. The van der Waals surface area contributed by atoms with Crippen molar-refractivity contribution in [2.24, 2.45) is 11.8 Å². The van der Waals surface area contributed by atoms with Gasteiger partial charge in [-0.2, -0.15) is 0 Å². The molecule has 300 valence electrons. The third-order valence-electron chi connectivity index (χ3n) is 10.3. The van der Waals surface area contributed by atoms with E-state index in [1.807, 2.05) is 6.08 Å². The molecule has 0 aromatic heterocycles. The van der Waals surface area contributed by atoms with Gasteiger partial charge in [-0.05, 0) is 75.9 Å². The molecule has 0 aliphatic carbocycles. The van der Waals surface area contributed by atoms with Crippen molar-refractivity contribution >= 4 is 11.9 Å². The number of likely N-dealkylation sites (N-methyl/N-ethyl adjacent to an activating group) is 1. The van der Waals surface area contributed by atoms with E-state index in [-0.39, 0.29) is 24.0 Å². The minimum Gasteiger partial charge on any atom is -0.466 e. The van der Waals surface area contributed by atoms with Gasteiger partial charge in [0, 0.05) is 25.8 Å². The van der Waals surface area contributed by atoms with Gasteiger partial charge in [0.05, 0.1) is 32.3 Å². The molecule has 4 atom stereocenters. The number of unbranched alkanes of at least 4 members (excludes halogenated alkanes) is 14. The maximum Gasteiger partial charge on any atom is 0.306 e. The second-order valence-electron chi connectivity index (χ2n) is 15.4. The highest BCUT2D eigenvalue weighted by molar-refractivity contribution is 5.70. The molecule has 0 saturated carbocycles. The SMILES string of the molecule is C=C=C=C=CC(CCCCC)CC(=O)OCCCCCCCCC1(CCCCCCCCOC(=O)CC(C)CCCCC)OCC(CN(C)CC)O1. The van der Waals surface area contributed by atoms with E-state index >= 15 is 0 Å². The quantitative estimate of drug-likeness (QED) is 0.0371. The van der Waals surface area contributed by atoms with Crippen molar-refractivity contribution in [3.63, 3.8) is 0 Å². The Bertz CT molecular complexity index is 1030. The Labute approximate surface area is 320 Å². The number of nitrogens with zero attached hydrogens (tertiary/aromatic N) is 1. The summed E-state index contributed by atoms with van der Waals surface area (Å²) in [6.45, 7) is 15.9. The number of hydrogen-bond acceptors (Lipinski definition) is 7. The molecule has 0 spiro atoms. The van der Waals surface area contributed by atoms with E-state index in [2.05, 4.69) is 63.4 Å². The van der Waals surface area contributed by atoms with E-state index < -0.39 is 5.79 Å². The Kier molecular flexibility index (Phi) is 29.8. The van der Waals surface area contributed by atoms with Crippen molar-refractivity contribution in [1.82, 2.24) is 4.90 Å². The first-order valence-electron chi connectivity index (χ1n) is 21.4. The predicted octanol–water partition coefficient (Wildman–Crippen LogP) is 11.4. The lowest BCUT2D eigenvalue weighted by Crippen LogP contribution is -2.34. The van der Waals surface area contributed by atoms with Gasteiger partial charge in [0.2, 0.25) is 0 Å². The monoisotopic (exact) mass is 730 g/mol. The lowest BCUT2D eigenvalue weighted by molar-refractivity contribution is -0.180. The van der Waals surface area contributed by atoms with Crippen molar-refractivity contribution in [3.8, 4) is 0 Å². The van der Waals surface area contributed by atoms with Crippen LogP contribution in [-0.2, 0) is 28.5 Å². The third kappa shape index (κ3) is 25.8. The Morgan fingerprint density at radius 3 is 1.88 bits per heavy atom. The normalized spacial score (nSPS) is 18.0. The first-order valence-corrected chi connectivity index (χ1v) is 21.4. The number of esters is 2. The molecule has 0 aromatic rings. The first kappa shape index (κ1) is 47.9. The molecule has 52 heavy (non-hydrogen) atoms. The number of carbonyl (C=O) groups is 2. The highest BCUT2D eigenvalue weighted by Crippen LogP contribution is 2.35. The Morgan fingerprint density at radius 2 is 1.33 bits per heavy atom. The van der Waals surface area contributed by atoms with Crippen LogP contribution >= 0.6 is 0 Å². The highest BCUT2D eigenvalue weighted by atomic mass is 16.7. The molecule has 1 saturated heterocycles. The number of hydrogen-bond donors (Lipinski definition) is 0. The maximum atomic E-state index is 12.4. The second-order valence-corrected chi connectivity index (χ2v) is 15.4. The van der Waals surface area contributed by atoms with E-state index in [1.54, 1.807) is 0 Å². The van der Waals surface area contributed by atoms with E-state index in [0.717, 1.165) is 103 Å². The maximum absolute atomic E-state index is 12.4. The summed E-state index contributed by atoms with van der Waals surface area (Å²) in [6, 6.07) is 0. The fraction of sp³-hybridized carbons (Fsp3) is 0.844. The van der Waals surface area contributed by atoms with Crippen LogP contribution in [0.2, 0.25) is 0 Å². The number of carbonyl (C=O) groups excluding carboxylic acids is 2. The van der Waals surface area contributed by atoms with Gasteiger partial charge in [-0.3, -0.25) is 9.59 Å². The zero-order valence-electron chi connectivity index (χ0n) is 34.4. The molecule has 1 aliphatic rings. The summed E-state index contributed by atoms with van der Waals surface area (Å²) < 4.78 is 24.1. The van der Waals surface area contributed by atoms with E-state index in [0.29, 0.717) is 38.6 Å². The topological polar surface area (TPSA) is 74.3 Å². The summed E-state index contributed by atoms with van der Waals surface area (Å²) in [5.74, 6) is -0.0504. The average Bonchev–Trinajstić information content (AvgIpc) is 3.52. The minimum absolute atomic E-state index is 0.0328. The van der Waals surface area contributed by atoms with Crippen molar-refractivity contribution < 1.29 is 28.5 Å². The zero-order valence-corrected chi connectivity index (χ0v) is 34.4. The lowest BCUT2D eigenvalue weighted by Gasteiger charge is -2.29. The summed E-state index contributed by atoms with van der Waals surface area (Å²) >= 11 is 0. The average molecular weight is 730 g/mol. The van der Waals surface area contributed by atoms with Gasteiger partial charge in [-0.15, -0.1) is 0 Å². The summed E-state index contributed by atoms with van der Waals surface area (Å²) in [6.07, 6.45) is 27.3. The van der Waals surface area contributed by atoms with Gasteiger partial charge in [0.1, 0.15) is 0 Å². The van der Waals surface area contributed by atoms with Crippen LogP contribution in [0.1, 0.15) is 182 Å².